The molecule has 0 unspecified atom stereocenters. The van der Waals surface area contributed by atoms with Gasteiger partial charge in [-0.25, -0.2) is 4.98 Å². The summed E-state index contributed by atoms with van der Waals surface area (Å²) in [6.45, 7) is 4.44. The van der Waals surface area contributed by atoms with Crippen LogP contribution in [0.5, 0.6) is 5.88 Å². The number of methoxy groups -OCH3 is 1. The second-order valence-electron chi connectivity index (χ2n) is 6.85. The van der Waals surface area contributed by atoms with Crippen molar-refractivity contribution in [3.8, 4) is 5.88 Å². The zero-order chi connectivity index (χ0) is 20.5. The average Bonchev–Trinajstić information content (AvgIpc) is 3.34. The van der Waals surface area contributed by atoms with Crippen LogP contribution in [0.15, 0.2) is 42.9 Å². The Morgan fingerprint density at radius 3 is 2.72 bits per heavy atom. The van der Waals surface area contributed by atoms with Gasteiger partial charge in [0.2, 0.25) is 5.88 Å². The number of aryl methyl sites for hydroxylation is 3. The highest BCUT2D eigenvalue weighted by Gasteiger charge is 2.27. The largest absolute Gasteiger partial charge is 0.479 e. The number of aromatic nitrogens is 4. The minimum absolute atomic E-state index is 0.215. The molecule has 148 valence electrons. The van der Waals surface area contributed by atoms with Crippen molar-refractivity contribution in [2.75, 3.05) is 12.0 Å². The fourth-order valence-electron chi connectivity index (χ4n) is 3.17. The van der Waals surface area contributed by atoms with Gasteiger partial charge in [-0.2, -0.15) is 0 Å². The van der Waals surface area contributed by atoms with Crippen molar-refractivity contribution >= 4 is 32.6 Å². The number of ether oxygens (including phenoxy) is 1. The Labute approximate surface area is 172 Å². The SMILES string of the molecule is COc1nn(C)cc1C(=O)N(Cc1cccnc1)c1nc2c(C)ccc(C)c2s1. The highest BCUT2D eigenvalue weighted by atomic mass is 32.1. The van der Waals surface area contributed by atoms with Crippen LogP contribution in [0.2, 0.25) is 0 Å². The van der Waals surface area contributed by atoms with Gasteiger partial charge in [0.05, 0.1) is 23.9 Å². The topological polar surface area (TPSA) is 73.1 Å². The maximum atomic E-state index is 13.5. The summed E-state index contributed by atoms with van der Waals surface area (Å²) in [4.78, 5) is 24.2. The van der Waals surface area contributed by atoms with E-state index in [1.165, 1.54) is 18.4 Å². The average molecular weight is 407 g/mol. The number of nitrogens with zero attached hydrogens (tertiary/aromatic N) is 5. The van der Waals surface area contributed by atoms with Gasteiger partial charge in [0, 0.05) is 25.6 Å². The summed E-state index contributed by atoms with van der Waals surface area (Å²) in [5.41, 5.74) is 4.46. The highest BCUT2D eigenvalue weighted by Crippen LogP contribution is 2.35. The number of fused-ring (bicyclic) bond motifs is 1. The fourth-order valence-corrected chi connectivity index (χ4v) is 4.28. The molecule has 0 atom stereocenters. The summed E-state index contributed by atoms with van der Waals surface area (Å²) in [6.07, 6.45) is 5.13. The zero-order valence-corrected chi connectivity index (χ0v) is 17.5. The molecule has 0 aliphatic carbocycles. The molecule has 0 spiro atoms. The predicted octanol–water partition coefficient (Wildman–Crippen LogP) is 3.90. The van der Waals surface area contributed by atoms with Gasteiger partial charge in [0.15, 0.2) is 5.13 Å². The number of hydrogen-bond donors (Lipinski definition) is 0. The third kappa shape index (κ3) is 3.58. The molecule has 29 heavy (non-hydrogen) atoms. The minimum atomic E-state index is -0.215. The lowest BCUT2D eigenvalue weighted by Crippen LogP contribution is -2.30. The predicted molar refractivity (Wildman–Crippen MR) is 114 cm³/mol. The van der Waals surface area contributed by atoms with Crippen molar-refractivity contribution in [2.45, 2.75) is 20.4 Å². The molecule has 3 heterocycles. The summed E-state index contributed by atoms with van der Waals surface area (Å²) in [6, 6.07) is 7.93. The first-order valence-electron chi connectivity index (χ1n) is 9.13. The maximum absolute atomic E-state index is 13.5. The fraction of sp³-hybridized carbons (Fsp3) is 0.238. The van der Waals surface area contributed by atoms with Gasteiger partial charge in [-0.3, -0.25) is 19.4 Å². The minimum Gasteiger partial charge on any atom is -0.479 e. The number of carbonyl (C=O) groups excluding carboxylic acids is 1. The Morgan fingerprint density at radius 2 is 2.03 bits per heavy atom. The Balaban J connectivity index is 1.83. The first-order valence-corrected chi connectivity index (χ1v) is 9.94. The summed E-state index contributed by atoms with van der Waals surface area (Å²) < 4.78 is 7.97. The molecule has 0 radical (unpaired) electrons. The Bertz CT molecular complexity index is 1140. The Hall–Kier alpha value is -3.26. The van der Waals surface area contributed by atoms with Gasteiger partial charge in [-0.1, -0.05) is 29.5 Å². The van der Waals surface area contributed by atoms with Crippen molar-refractivity contribution in [1.29, 1.82) is 0 Å². The number of rotatable bonds is 5. The lowest BCUT2D eigenvalue weighted by molar-refractivity contribution is 0.0982. The quantitative estimate of drug-likeness (QED) is 0.502. The van der Waals surface area contributed by atoms with Crippen LogP contribution in [0, 0.1) is 13.8 Å². The second-order valence-corrected chi connectivity index (χ2v) is 7.83. The molecular weight excluding hydrogens is 386 g/mol. The maximum Gasteiger partial charge on any atom is 0.267 e. The molecule has 0 aliphatic heterocycles. The molecule has 0 N–H and O–H groups in total. The third-order valence-corrected chi connectivity index (χ3v) is 5.90. The van der Waals surface area contributed by atoms with Crippen LogP contribution < -0.4 is 9.64 Å². The molecule has 0 aliphatic rings. The molecule has 1 aromatic carbocycles. The van der Waals surface area contributed by atoms with Gasteiger partial charge in [0.1, 0.15) is 5.56 Å². The number of benzene rings is 1. The van der Waals surface area contributed by atoms with Crippen molar-refractivity contribution < 1.29 is 9.53 Å². The monoisotopic (exact) mass is 407 g/mol. The molecule has 3 aromatic heterocycles. The van der Waals surface area contributed by atoms with Gasteiger partial charge >= 0.3 is 0 Å². The second kappa shape index (κ2) is 7.63. The van der Waals surface area contributed by atoms with Crippen molar-refractivity contribution in [1.82, 2.24) is 19.7 Å². The van der Waals surface area contributed by atoms with E-state index in [0.29, 0.717) is 23.1 Å². The summed E-state index contributed by atoms with van der Waals surface area (Å²) in [7, 11) is 3.27. The molecular formula is C21H21N5O2S. The van der Waals surface area contributed by atoms with E-state index in [-0.39, 0.29) is 5.91 Å². The van der Waals surface area contributed by atoms with E-state index in [9.17, 15) is 4.79 Å². The first kappa shape index (κ1) is 19.1. The van der Waals surface area contributed by atoms with Crippen LogP contribution in [-0.2, 0) is 13.6 Å². The summed E-state index contributed by atoms with van der Waals surface area (Å²) in [5.74, 6) is 0.0790. The van der Waals surface area contributed by atoms with Crippen LogP contribution in [0.25, 0.3) is 10.2 Å². The van der Waals surface area contributed by atoms with Crippen LogP contribution in [-0.4, -0.2) is 32.8 Å². The van der Waals surface area contributed by atoms with Gasteiger partial charge in [-0.05, 0) is 36.6 Å². The number of pyridine rings is 1. The van der Waals surface area contributed by atoms with Crippen LogP contribution in [0.4, 0.5) is 5.13 Å². The van der Waals surface area contributed by atoms with Gasteiger partial charge < -0.3 is 4.74 Å². The number of hydrogen-bond acceptors (Lipinski definition) is 6. The van der Waals surface area contributed by atoms with Crippen LogP contribution in [0.1, 0.15) is 27.0 Å². The van der Waals surface area contributed by atoms with E-state index >= 15 is 0 Å². The molecule has 4 aromatic rings. The number of carbonyl (C=O) groups is 1. The first-order chi connectivity index (χ1) is 14.0. The molecule has 1 amide bonds. The van der Waals surface area contributed by atoms with Gasteiger partial charge in [0.25, 0.3) is 5.91 Å². The number of thiazole rings is 1. The van der Waals surface area contributed by atoms with E-state index in [0.717, 1.165) is 26.9 Å². The van der Waals surface area contributed by atoms with Crippen molar-refractivity contribution in [3.05, 3.63) is 65.1 Å². The Kier molecular flexibility index (Phi) is 5.02. The molecule has 8 heteroatoms. The number of amides is 1. The summed E-state index contributed by atoms with van der Waals surface area (Å²) >= 11 is 1.51. The molecule has 0 bridgehead atoms. The highest BCUT2D eigenvalue weighted by molar-refractivity contribution is 7.22. The van der Waals surface area contributed by atoms with E-state index < -0.39 is 0 Å². The third-order valence-electron chi connectivity index (χ3n) is 4.69. The molecule has 0 saturated heterocycles. The van der Waals surface area contributed by atoms with Crippen molar-refractivity contribution in [2.24, 2.45) is 7.05 Å². The Morgan fingerprint density at radius 1 is 1.24 bits per heavy atom. The zero-order valence-electron chi connectivity index (χ0n) is 16.7. The lowest BCUT2D eigenvalue weighted by atomic mass is 10.1. The normalized spacial score (nSPS) is 11.0. The molecule has 7 nitrogen and oxygen atoms in total. The lowest BCUT2D eigenvalue weighted by Gasteiger charge is -2.19. The summed E-state index contributed by atoms with van der Waals surface area (Å²) in [5, 5.41) is 4.86. The van der Waals surface area contributed by atoms with Crippen molar-refractivity contribution in [3.63, 3.8) is 0 Å². The number of anilines is 1. The molecule has 4 rings (SSSR count). The van der Waals surface area contributed by atoms with Crippen LogP contribution in [0.3, 0.4) is 0 Å². The smallest absolute Gasteiger partial charge is 0.267 e. The van der Waals surface area contributed by atoms with Crippen LogP contribution >= 0.6 is 11.3 Å². The molecule has 0 saturated carbocycles. The van der Waals surface area contributed by atoms with E-state index in [1.54, 1.807) is 35.2 Å². The van der Waals surface area contributed by atoms with E-state index in [2.05, 4.69) is 29.1 Å². The van der Waals surface area contributed by atoms with Gasteiger partial charge in [-0.15, -0.1) is 5.10 Å². The van der Waals surface area contributed by atoms with E-state index in [1.807, 2.05) is 19.1 Å². The van der Waals surface area contributed by atoms with E-state index in [4.69, 9.17) is 9.72 Å². The molecule has 0 fully saturated rings. The standard InChI is InChI=1S/C21H21N5O2S/c1-13-7-8-14(2)18-17(13)23-21(29-18)26(11-15-6-5-9-22-10-15)20(27)16-12-25(3)24-19(16)28-4/h5-10,12H,11H2,1-4H3.